The molecule has 0 unspecified atom stereocenters. The van der Waals surface area contributed by atoms with Gasteiger partial charge in [0.05, 0.1) is 17.8 Å². The minimum atomic E-state index is -1.05. The highest BCUT2D eigenvalue weighted by molar-refractivity contribution is 6.35. The van der Waals surface area contributed by atoms with Crippen LogP contribution >= 0.6 is 0 Å². The van der Waals surface area contributed by atoms with E-state index in [0.717, 1.165) is 0 Å². The molecule has 1 fully saturated rings. The summed E-state index contributed by atoms with van der Waals surface area (Å²) in [6.07, 6.45) is 1.24. The molecule has 1 saturated heterocycles. The zero-order valence-corrected chi connectivity index (χ0v) is 10.4. The zero-order valence-electron chi connectivity index (χ0n) is 10.4. The average Bonchev–Trinajstić information content (AvgIpc) is 2.40. The van der Waals surface area contributed by atoms with Crippen molar-refractivity contribution >= 4 is 17.8 Å². The number of piperazine rings is 1. The zero-order chi connectivity index (χ0) is 14.0. The van der Waals surface area contributed by atoms with Crippen LogP contribution in [0.3, 0.4) is 0 Å². The Morgan fingerprint density at radius 2 is 2.05 bits per heavy atom. The second kappa shape index (κ2) is 5.05. The predicted octanol–water partition coefficient (Wildman–Crippen LogP) is -0.420. The smallest absolute Gasteiger partial charge is 0.337 e. The summed E-state index contributed by atoms with van der Waals surface area (Å²) in [4.78, 5) is 40.7. The van der Waals surface area contributed by atoms with E-state index < -0.39 is 17.8 Å². The molecule has 1 N–H and O–H groups in total. The maximum Gasteiger partial charge on any atom is 0.337 e. The van der Waals surface area contributed by atoms with Gasteiger partial charge in [-0.25, -0.2) is 4.79 Å². The van der Waals surface area contributed by atoms with Crippen LogP contribution in [0.5, 0.6) is 0 Å². The molecule has 0 radical (unpaired) electrons. The van der Waals surface area contributed by atoms with Crippen LogP contribution < -0.4 is 0 Å². The van der Waals surface area contributed by atoms with Crippen molar-refractivity contribution in [1.29, 1.82) is 0 Å². The van der Waals surface area contributed by atoms with Crippen molar-refractivity contribution in [2.45, 2.75) is 6.54 Å². The Balaban J connectivity index is 2.07. The normalized spacial score (nSPS) is 15.8. The fraction of sp³-hybridized carbons (Fsp3) is 0.333. The quantitative estimate of drug-likeness (QED) is 0.748. The summed E-state index contributed by atoms with van der Waals surface area (Å²) >= 11 is 0. The van der Waals surface area contributed by atoms with Gasteiger partial charge in [0.2, 0.25) is 0 Å². The lowest BCUT2D eigenvalue weighted by molar-refractivity contribution is -0.155. The molecule has 0 spiro atoms. The van der Waals surface area contributed by atoms with Gasteiger partial charge in [-0.1, -0.05) is 0 Å². The molecule has 2 heterocycles. The van der Waals surface area contributed by atoms with Crippen LogP contribution in [-0.4, -0.2) is 57.8 Å². The van der Waals surface area contributed by atoms with E-state index in [1.165, 1.54) is 22.1 Å². The number of rotatable bonds is 3. The summed E-state index contributed by atoms with van der Waals surface area (Å²) in [6.45, 7) is 1.14. The van der Waals surface area contributed by atoms with E-state index in [9.17, 15) is 14.4 Å². The summed E-state index contributed by atoms with van der Waals surface area (Å²) in [6, 6.07) is 2.96. The summed E-state index contributed by atoms with van der Waals surface area (Å²) in [5, 5.41) is 8.75. The molecule has 7 nitrogen and oxygen atoms in total. The van der Waals surface area contributed by atoms with Gasteiger partial charge in [-0.3, -0.25) is 14.6 Å². The number of pyridine rings is 1. The first kappa shape index (κ1) is 13.0. The fourth-order valence-corrected chi connectivity index (χ4v) is 1.76. The first-order valence-electron chi connectivity index (χ1n) is 5.71. The van der Waals surface area contributed by atoms with Crippen molar-refractivity contribution in [3.05, 3.63) is 29.6 Å². The van der Waals surface area contributed by atoms with Crippen LogP contribution in [0.25, 0.3) is 0 Å². The van der Waals surface area contributed by atoms with Gasteiger partial charge in [-0.2, -0.15) is 0 Å². The molecule has 0 bridgehead atoms. The van der Waals surface area contributed by atoms with E-state index in [4.69, 9.17) is 5.11 Å². The number of aromatic carboxylic acids is 1. The number of carboxylic acids is 1. The number of carbonyl (C=O) groups excluding carboxylic acids is 2. The molecule has 0 saturated carbocycles. The maximum absolute atomic E-state index is 11.7. The molecule has 1 aromatic heterocycles. The van der Waals surface area contributed by atoms with E-state index in [0.29, 0.717) is 18.8 Å². The van der Waals surface area contributed by atoms with Crippen molar-refractivity contribution in [3.8, 4) is 0 Å². The molecular weight excluding hydrogens is 250 g/mol. The third kappa shape index (κ3) is 2.70. The minimum absolute atomic E-state index is 0.0875. The van der Waals surface area contributed by atoms with Crippen LogP contribution in [0, 0.1) is 0 Å². The third-order valence-corrected chi connectivity index (χ3v) is 2.95. The summed E-state index contributed by atoms with van der Waals surface area (Å²) in [7, 11) is 1.58. The molecule has 2 rings (SSSR count). The topological polar surface area (TPSA) is 90.8 Å². The Morgan fingerprint density at radius 3 is 2.63 bits per heavy atom. The fourth-order valence-electron chi connectivity index (χ4n) is 1.76. The first-order chi connectivity index (χ1) is 8.99. The van der Waals surface area contributed by atoms with Gasteiger partial charge in [-0.15, -0.1) is 0 Å². The predicted molar refractivity (Wildman–Crippen MR) is 64.3 cm³/mol. The number of hydrogen-bond donors (Lipinski definition) is 1. The van der Waals surface area contributed by atoms with Gasteiger partial charge in [0.1, 0.15) is 0 Å². The number of likely N-dealkylation sites (N-methyl/N-ethyl adjacent to an activating group) is 1. The number of carboxylic acid groups (broad SMARTS) is 1. The van der Waals surface area contributed by atoms with Crippen molar-refractivity contribution in [2.75, 3.05) is 20.1 Å². The van der Waals surface area contributed by atoms with E-state index in [-0.39, 0.29) is 12.1 Å². The van der Waals surface area contributed by atoms with Crippen LogP contribution in [0.4, 0.5) is 0 Å². The Morgan fingerprint density at radius 1 is 1.32 bits per heavy atom. The van der Waals surface area contributed by atoms with Crippen molar-refractivity contribution in [2.24, 2.45) is 0 Å². The Bertz CT molecular complexity index is 526. The van der Waals surface area contributed by atoms with Gasteiger partial charge in [0, 0.05) is 26.3 Å². The van der Waals surface area contributed by atoms with Crippen molar-refractivity contribution < 1.29 is 19.5 Å². The highest BCUT2D eigenvalue weighted by Gasteiger charge is 2.30. The van der Waals surface area contributed by atoms with Gasteiger partial charge >= 0.3 is 17.8 Å². The highest BCUT2D eigenvalue weighted by Crippen LogP contribution is 2.09. The van der Waals surface area contributed by atoms with Crippen molar-refractivity contribution in [3.63, 3.8) is 0 Å². The molecule has 1 aliphatic rings. The van der Waals surface area contributed by atoms with Crippen LogP contribution in [0.1, 0.15) is 16.1 Å². The summed E-state index contributed by atoms with van der Waals surface area (Å²) in [5.41, 5.74) is 0.639. The van der Waals surface area contributed by atoms with Crippen LogP contribution in [-0.2, 0) is 16.1 Å². The maximum atomic E-state index is 11.7. The monoisotopic (exact) mass is 263 g/mol. The van der Waals surface area contributed by atoms with E-state index in [1.54, 1.807) is 13.1 Å². The lowest BCUT2D eigenvalue weighted by Gasteiger charge is -2.31. The summed E-state index contributed by atoms with van der Waals surface area (Å²) in [5.74, 6) is -2.14. The number of nitrogens with zero attached hydrogens (tertiary/aromatic N) is 3. The Kier molecular flexibility index (Phi) is 3.46. The molecule has 0 atom stereocenters. The molecule has 7 heteroatoms. The van der Waals surface area contributed by atoms with Gasteiger partial charge in [0.25, 0.3) is 0 Å². The molecule has 19 heavy (non-hydrogen) atoms. The van der Waals surface area contributed by atoms with E-state index in [1.807, 2.05) is 0 Å². The third-order valence-electron chi connectivity index (χ3n) is 2.95. The van der Waals surface area contributed by atoms with Gasteiger partial charge in [0.15, 0.2) is 0 Å². The Labute approximate surface area is 109 Å². The molecular formula is C12H13N3O4. The van der Waals surface area contributed by atoms with Crippen LogP contribution in [0.2, 0.25) is 0 Å². The van der Waals surface area contributed by atoms with Gasteiger partial charge in [-0.05, 0) is 12.1 Å². The number of hydrogen-bond acceptors (Lipinski definition) is 4. The van der Waals surface area contributed by atoms with Crippen LogP contribution in [0.15, 0.2) is 18.3 Å². The highest BCUT2D eigenvalue weighted by atomic mass is 16.4. The number of aromatic nitrogens is 1. The summed E-state index contributed by atoms with van der Waals surface area (Å²) < 4.78 is 0. The van der Waals surface area contributed by atoms with E-state index in [2.05, 4.69) is 4.98 Å². The molecule has 0 aliphatic carbocycles. The second-order valence-electron chi connectivity index (χ2n) is 4.30. The number of amides is 2. The molecule has 1 aliphatic heterocycles. The largest absolute Gasteiger partial charge is 0.478 e. The minimum Gasteiger partial charge on any atom is -0.478 e. The number of carbonyl (C=O) groups is 3. The van der Waals surface area contributed by atoms with Gasteiger partial charge < -0.3 is 14.9 Å². The lowest BCUT2D eigenvalue weighted by atomic mass is 10.2. The first-order valence-corrected chi connectivity index (χ1v) is 5.71. The molecule has 2 amide bonds. The SMILES string of the molecule is CN1CCN(Cc2ccc(C(=O)O)cn2)C(=O)C1=O. The average molecular weight is 263 g/mol. The lowest BCUT2D eigenvalue weighted by Crippen LogP contribution is -2.52. The van der Waals surface area contributed by atoms with Crippen molar-refractivity contribution in [1.82, 2.24) is 14.8 Å². The van der Waals surface area contributed by atoms with E-state index >= 15 is 0 Å². The Hall–Kier alpha value is -2.44. The second-order valence-corrected chi connectivity index (χ2v) is 4.30. The molecule has 1 aromatic rings. The molecule has 100 valence electrons. The standard InChI is InChI=1S/C12H13N3O4/c1-14-4-5-15(11(17)10(14)16)7-9-3-2-8(6-13-9)12(18)19/h2-3,6H,4-5,7H2,1H3,(H,18,19). The molecule has 0 aromatic carbocycles.